The molecule has 1 saturated heterocycles. The number of carbonyl (C=O) groups excluding carboxylic acids is 1. The Hall–Kier alpha value is -3.59. The van der Waals surface area contributed by atoms with E-state index in [9.17, 15) is 19.5 Å². The van der Waals surface area contributed by atoms with Gasteiger partial charge >= 0.3 is 0 Å². The Balaban J connectivity index is 1.37. The third kappa shape index (κ3) is 4.32. The topological polar surface area (TPSA) is 121 Å². The Morgan fingerprint density at radius 2 is 1.89 bits per heavy atom. The van der Waals surface area contributed by atoms with Gasteiger partial charge in [-0.3, -0.25) is 14.4 Å². The monoisotopic (exact) mass is 479 g/mol. The van der Waals surface area contributed by atoms with Gasteiger partial charge in [-0.2, -0.15) is 0 Å². The number of ether oxygens (including phenoxy) is 1. The molecule has 2 heterocycles. The number of phenols is 1. The maximum atomic E-state index is 12.9. The summed E-state index contributed by atoms with van der Waals surface area (Å²) < 4.78 is 11.3. The Kier molecular flexibility index (Phi) is 6.10. The van der Waals surface area contributed by atoms with Crippen LogP contribution in [0.1, 0.15) is 65.6 Å². The van der Waals surface area contributed by atoms with Gasteiger partial charge in [0.1, 0.15) is 22.9 Å². The van der Waals surface area contributed by atoms with E-state index in [-0.39, 0.29) is 40.3 Å². The molecular formula is C26H29N3O6. The van der Waals surface area contributed by atoms with Gasteiger partial charge in [0.2, 0.25) is 0 Å². The van der Waals surface area contributed by atoms with E-state index in [4.69, 9.17) is 9.15 Å². The number of furan rings is 1. The van der Waals surface area contributed by atoms with Crippen molar-refractivity contribution in [3.05, 3.63) is 67.4 Å². The fraction of sp³-hybridized carbons (Fsp3) is 0.423. The standard InChI is InChI=1S/C26H29N3O6/c1-3-18(20-13-17(14(2)35-20)15-7-8-15)27-21-22(25(32)24(21)31)28-19-6-4-5-16(23(19)30)26(33)29-9-11-34-12-10-29/h4-6,13,15,18,27-28,30H,3,7-12H2,1-2H3. The smallest absolute Gasteiger partial charge is 0.257 e. The summed E-state index contributed by atoms with van der Waals surface area (Å²) in [5, 5.41) is 16.8. The highest BCUT2D eigenvalue weighted by Gasteiger charge is 2.31. The lowest BCUT2D eigenvalue weighted by atomic mass is 10.1. The van der Waals surface area contributed by atoms with E-state index in [1.165, 1.54) is 11.6 Å². The fourth-order valence-corrected chi connectivity index (χ4v) is 4.58. The summed E-state index contributed by atoms with van der Waals surface area (Å²) in [4.78, 5) is 39.3. The normalized spacial score (nSPS) is 16.9. The highest BCUT2D eigenvalue weighted by molar-refractivity contribution is 5.99. The maximum Gasteiger partial charge on any atom is 0.257 e. The first-order valence-electron chi connectivity index (χ1n) is 12.0. The zero-order valence-corrected chi connectivity index (χ0v) is 19.8. The van der Waals surface area contributed by atoms with Crippen LogP contribution in [-0.4, -0.2) is 42.2 Å². The van der Waals surface area contributed by atoms with Crippen LogP contribution >= 0.6 is 0 Å². The molecular weight excluding hydrogens is 450 g/mol. The molecule has 1 saturated carbocycles. The second kappa shape index (κ2) is 9.22. The minimum absolute atomic E-state index is 0.0606. The summed E-state index contributed by atoms with van der Waals surface area (Å²) in [5.74, 6) is 1.57. The molecule has 1 aliphatic carbocycles. The van der Waals surface area contributed by atoms with Crippen LogP contribution < -0.4 is 21.5 Å². The van der Waals surface area contributed by atoms with Crippen molar-refractivity contribution in [2.24, 2.45) is 0 Å². The molecule has 9 heteroatoms. The van der Waals surface area contributed by atoms with Crippen LogP contribution in [-0.2, 0) is 4.74 Å². The highest BCUT2D eigenvalue weighted by Crippen LogP contribution is 2.44. The van der Waals surface area contributed by atoms with Crippen LogP contribution in [0.15, 0.2) is 38.3 Å². The molecule has 0 spiro atoms. The summed E-state index contributed by atoms with van der Waals surface area (Å²) >= 11 is 0. The van der Waals surface area contributed by atoms with E-state index in [2.05, 4.69) is 10.6 Å². The van der Waals surface area contributed by atoms with Crippen LogP contribution in [0.4, 0.5) is 17.1 Å². The minimum atomic E-state index is -0.680. The number of rotatable bonds is 8. The molecule has 0 radical (unpaired) electrons. The average Bonchev–Trinajstić information content (AvgIpc) is 3.65. The van der Waals surface area contributed by atoms with Crippen LogP contribution in [0.5, 0.6) is 5.75 Å². The predicted octanol–water partition coefficient (Wildman–Crippen LogP) is 3.55. The lowest BCUT2D eigenvalue weighted by molar-refractivity contribution is 0.0301. The number of carbonyl (C=O) groups is 1. The van der Waals surface area contributed by atoms with Crippen molar-refractivity contribution in [3.8, 4) is 5.75 Å². The molecule has 1 unspecified atom stereocenters. The van der Waals surface area contributed by atoms with Crippen molar-refractivity contribution in [3.63, 3.8) is 0 Å². The number of hydrogen-bond donors (Lipinski definition) is 3. The van der Waals surface area contributed by atoms with E-state index in [1.54, 1.807) is 17.0 Å². The number of nitrogens with one attached hydrogen (secondary N) is 2. The number of phenolic OH excluding ortho intramolecular Hbond substituents is 1. The number of hydrogen-bond acceptors (Lipinski definition) is 8. The third-order valence-corrected chi connectivity index (χ3v) is 6.80. The number of amides is 1. The molecule has 35 heavy (non-hydrogen) atoms. The van der Waals surface area contributed by atoms with Crippen molar-refractivity contribution in [2.45, 2.75) is 45.1 Å². The summed E-state index contributed by atoms with van der Waals surface area (Å²) in [6, 6.07) is 6.46. The molecule has 5 rings (SSSR count). The maximum absolute atomic E-state index is 12.9. The van der Waals surface area contributed by atoms with Gasteiger partial charge in [0.15, 0.2) is 5.75 Å². The average molecular weight is 480 g/mol. The first-order valence-corrected chi connectivity index (χ1v) is 12.0. The summed E-state index contributed by atoms with van der Waals surface area (Å²) in [5.41, 5.74) is 0.402. The molecule has 184 valence electrons. The molecule has 1 atom stereocenters. The zero-order chi connectivity index (χ0) is 24.7. The van der Waals surface area contributed by atoms with Crippen molar-refractivity contribution >= 4 is 23.0 Å². The number of para-hydroxylation sites is 1. The molecule has 0 bridgehead atoms. The number of anilines is 3. The molecule has 2 fully saturated rings. The number of aryl methyl sites for hydroxylation is 1. The van der Waals surface area contributed by atoms with E-state index in [1.807, 2.05) is 19.9 Å². The summed E-state index contributed by atoms with van der Waals surface area (Å²) in [6.45, 7) is 5.68. The molecule has 2 aliphatic rings. The molecule has 9 nitrogen and oxygen atoms in total. The van der Waals surface area contributed by atoms with Gasteiger partial charge in [0.25, 0.3) is 16.8 Å². The van der Waals surface area contributed by atoms with E-state index >= 15 is 0 Å². The molecule has 1 amide bonds. The fourth-order valence-electron chi connectivity index (χ4n) is 4.58. The molecule has 3 N–H and O–H groups in total. The van der Waals surface area contributed by atoms with Gasteiger partial charge in [-0.05, 0) is 55.9 Å². The van der Waals surface area contributed by atoms with Gasteiger partial charge in [-0.15, -0.1) is 0 Å². The number of benzene rings is 1. The molecule has 1 aromatic heterocycles. The minimum Gasteiger partial charge on any atom is -0.505 e. The van der Waals surface area contributed by atoms with Crippen LogP contribution in [0.25, 0.3) is 0 Å². The van der Waals surface area contributed by atoms with Crippen molar-refractivity contribution in [2.75, 3.05) is 36.9 Å². The van der Waals surface area contributed by atoms with Crippen molar-refractivity contribution in [1.82, 2.24) is 4.90 Å². The summed E-state index contributed by atoms with van der Waals surface area (Å²) in [7, 11) is 0. The highest BCUT2D eigenvalue weighted by atomic mass is 16.5. The third-order valence-electron chi connectivity index (χ3n) is 6.80. The van der Waals surface area contributed by atoms with E-state index in [0.717, 1.165) is 24.4 Å². The second-order valence-corrected chi connectivity index (χ2v) is 9.18. The van der Waals surface area contributed by atoms with Crippen molar-refractivity contribution in [1.29, 1.82) is 0 Å². The zero-order valence-electron chi connectivity index (χ0n) is 19.8. The van der Waals surface area contributed by atoms with Gasteiger partial charge < -0.3 is 29.8 Å². The first-order chi connectivity index (χ1) is 16.9. The molecule has 3 aromatic rings. The van der Waals surface area contributed by atoms with Crippen LogP contribution in [0.3, 0.4) is 0 Å². The lowest BCUT2D eigenvalue weighted by Gasteiger charge is -2.27. The second-order valence-electron chi connectivity index (χ2n) is 9.18. The Morgan fingerprint density at radius 3 is 2.57 bits per heavy atom. The number of morpholine rings is 1. The molecule has 2 aromatic carbocycles. The largest absolute Gasteiger partial charge is 0.505 e. The lowest BCUT2D eigenvalue weighted by Crippen LogP contribution is -2.40. The Labute approximate surface area is 202 Å². The van der Waals surface area contributed by atoms with Crippen LogP contribution in [0.2, 0.25) is 0 Å². The number of aromatic hydroxyl groups is 1. The van der Waals surface area contributed by atoms with Gasteiger partial charge in [0, 0.05) is 13.1 Å². The van der Waals surface area contributed by atoms with Gasteiger partial charge in [-0.1, -0.05) is 13.0 Å². The predicted molar refractivity (Wildman–Crippen MR) is 132 cm³/mol. The van der Waals surface area contributed by atoms with Gasteiger partial charge in [-0.25, -0.2) is 0 Å². The Bertz CT molecular complexity index is 1330. The van der Waals surface area contributed by atoms with E-state index in [0.29, 0.717) is 38.6 Å². The quantitative estimate of drug-likeness (QED) is 0.331. The molecule has 1 aliphatic heterocycles. The Morgan fingerprint density at radius 1 is 1.17 bits per heavy atom. The van der Waals surface area contributed by atoms with Crippen LogP contribution in [0, 0.1) is 6.92 Å². The first kappa shape index (κ1) is 23.2. The summed E-state index contributed by atoms with van der Waals surface area (Å²) in [6.07, 6.45) is 2.96. The van der Waals surface area contributed by atoms with Crippen molar-refractivity contribution < 1.29 is 19.1 Å². The van der Waals surface area contributed by atoms with Gasteiger partial charge in [0.05, 0.1) is 30.5 Å². The SMILES string of the molecule is CCC(Nc1c(Nc2cccc(C(=O)N3CCOCC3)c2O)c(=O)c1=O)c1cc(C2CC2)c(C)o1. The van der Waals surface area contributed by atoms with E-state index < -0.39 is 10.9 Å². The number of nitrogens with zero attached hydrogens (tertiary/aromatic N) is 1.